The fourth-order valence-electron chi connectivity index (χ4n) is 3.54. The van der Waals surface area contributed by atoms with Crippen LogP contribution in [-0.2, 0) is 20.9 Å². The molecule has 0 spiro atoms. The van der Waals surface area contributed by atoms with Crippen molar-refractivity contribution in [1.29, 1.82) is 0 Å². The minimum Gasteiger partial charge on any atom is -0.466 e. The van der Waals surface area contributed by atoms with E-state index in [1.54, 1.807) is 0 Å². The van der Waals surface area contributed by atoms with Gasteiger partial charge in [-0.25, -0.2) is 0 Å². The van der Waals surface area contributed by atoms with Crippen LogP contribution < -0.4 is 0 Å². The van der Waals surface area contributed by atoms with Crippen LogP contribution in [0, 0.1) is 11.8 Å². The first-order chi connectivity index (χ1) is 13.9. The smallest absolute Gasteiger partial charge is 0.309 e. The number of ether oxygens (including phenoxy) is 2. The van der Waals surface area contributed by atoms with E-state index in [4.69, 9.17) is 9.47 Å². The predicted molar refractivity (Wildman–Crippen MR) is 119 cm³/mol. The average molecular weight is 397 g/mol. The molecule has 0 aliphatic carbocycles. The van der Waals surface area contributed by atoms with Gasteiger partial charge in [0.05, 0.1) is 25.2 Å². The van der Waals surface area contributed by atoms with Crippen LogP contribution in [0.3, 0.4) is 0 Å². The average Bonchev–Trinajstić information content (AvgIpc) is 2.71. The van der Waals surface area contributed by atoms with Gasteiger partial charge in [0.25, 0.3) is 0 Å². The predicted octanol–water partition coefficient (Wildman–Crippen LogP) is 6.68. The van der Waals surface area contributed by atoms with Gasteiger partial charge in [0, 0.05) is 0 Å². The summed E-state index contributed by atoms with van der Waals surface area (Å²) in [7, 11) is 0. The van der Waals surface area contributed by atoms with Crippen LogP contribution in [0.1, 0.15) is 76.2 Å². The van der Waals surface area contributed by atoms with E-state index < -0.39 is 0 Å². The maximum absolute atomic E-state index is 12.6. The van der Waals surface area contributed by atoms with Gasteiger partial charge in [0.15, 0.2) is 0 Å². The lowest BCUT2D eigenvalue weighted by Gasteiger charge is -2.25. The monoisotopic (exact) mass is 396 g/mol. The van der Waals surface area contributed by atoms with Crippen molar-refractivity contribution < 1.29 is 14.3 Å². The molecule has 2 rings (SSSR count). The zero-order valence-electron chi connectivity index (χ0n) is 18.6. The molecule has 2 atom stereocenters. The van der Waals surface area contributed by atoms with Crippen molar-refractivity contribution in [3.63, 3.8) is 0 Å². The number of carbonyl (C=O) groups excluding carboxylic acids is 1. The molecule has 0 aromatic heterocycles. The van der Waals surface area contributed by atoms with Gasteiger partial charge in [-0.15, -0.1) is 0 Å². The first kappa shape index (κ1) is 23.2. The number of hydrogen-bond acceptors (Lipinski definition) is 3. The topological polar surface area (TPSA) is 35.5 Å². The summed E-state index contributed by atoms with van der Waals surface area (Å²) < 4.78 is 11.7. The molecule has 0 aliphatic rings. The second-order valence-corrected chi connectivity index (χ2v) is 8.42. The zero-order valence-corrected chi connectivity index (χ0v) is 18.6. The Labute approximate surface area is 176 Å². The Morgan fingerprint density at radius 3 is 2.03 bits per heavy atom. The Kier molecular flexibility index (Phi) is 9.40. The normalized spacial score (nSPS) is 13.5. The van der Waals surface area contributed by atoms with Crippen molar-refractivity contribution in [2.75, 3.05) is 6.61 Å². The summed E-state index contributed by atoms with van der Waals surface area (Å²) in [6, 6.07) is 18.8. The third-order valence-electron chi connectivity index (χ3n) is 5.14. The maximum atomic E-state index is 12.6. The van der Waals surface area contributed by atoms with Gasteiger partial charge in [0.2, 0.25) is 0 Å². The molecule has 0 aliphatic heterocycles. The van der Waals surface area contributed by atoms with Crippen molar-refractivity contribution >= 4 is 5.97 Å². The van der Waals surface area contributed by atoms with Crippen LogP contribution in [0.15, 0.2) is 54.6 Å². The fraction of sp³-hybridized carbons (Fsp3) is 0.500. The highest BCUT2D eigenvalue weighted by atomic mass is 16.5. The van der Waals surface area contributed by atoms with Crippen molar-refractivity contribution in [2.45, 2.75) is 66.1 Å². The third-order valence-corrected chi connectivity index (χ3v) is 5.14. The molecule has 2 aromatic carbocycles. The van der Waals surface area contributed by atoms with E-state index in [0.29, 0.717) is 31.5 Å². The summed E-state index contributed by atoms with van der Waals surface area (Å²) in [6.45, 7) is 11.5. The third kappa shape index (κ3) is 7.66. The van der Waals surface area contributed by atoms with Crippen LogP contribution in [0.5, 0.6) is 0 Å². The van der Waals surface area contributed by atoms with Crippen LogP contribution in [-0.4, -0.2) is 12.6 Å². The Balaban J connectivity index is 2.22. The molecule has 0 saturated carbocycles. The molecule has 0 radical (unpaired) electrons. The minimum absolute atomic E-state index is 0.117. The summed E-state index contributed by atoms with van der Waals surface area (Å²) in [5, 5.41) is 0. The van der Waals surface area contributed by atoms with E-state index in [0.717, 1.165) is 17.5 Å². The lowest BCUT2D eigenvalue weighted by Crippen LogP contribution is -2.23. The Hall–Kier alpha value is -2.13. The first-order valence-corrected chi connectivity index (χ1v) is 10.8. The standard InChI is InChI=1S/C26H36O3/c1-6-28-26(27)24(16-19(2)3)17-25(29-18-21-10-8-7-9-11-21)23-14-12-22(13-15-23)20(4)5/h7-15,19-20,24-25H,6,16-18H2,1-5H3/t24-,25+/m1/s1. The second kappa shape index (κ2) is 11.8. The lowest BCUT2D eigenvalue weighted by molar-refractivity contribution is -0.150. The quantitative estimate of drug-likeness (QED) is 0.397. The Bertz CT molecular complexity index is 719. The molecule has 0 N–H and O–H groups in total. The molecule has 3 heteroatoms. The molecule has 0 bridgehead atoms. The molecule has 0 fully saturated rings. The summed E-state index contributed by atoms with van der Waals surface area (Å²) in [5.41, 5.74) is 3.55. The van der Waals surface area contributed by atoms with E-state index >= 15 is 0 Å². The van der Waals surface area contributed by atoms with Crippen LogP contribution >= 0.6 is 0 Å². The molecule has 158 valence electrons. The lowest BCUT2D eigenvalue weighted by atomic mass is 9.89. The second-order valence-electron chi connectivity index (χ2n) is 8.42. The number of rotatable bonds is 11. The number of benzene rings is 2. The van der Waals surface area contributed by atoms with Gasteiger partial charge in [-0.05, 0) is 48.3 Å². The maximum Gasteiger partial charge on any atom is 0.309 e. The largest absolute Gasteiger partial charge is 0.466 e. The van der Waals surface area contributed by atoms with Crippen molar-refractivity contribution in [3.8, 4) is 0 Å². The highest BCUT2D eigenvalue weighted by Gasteiger charge is 2.26. The number of esters is 1. The van der Waals surface area contributed by atoms with E-state index in [2.05, 4.69) is 64.1 Å². The number of carbonyl (C=O) groups is 1. The molecular weight excluding hydrogens is 360 g/mol. The minimum atomic E-state index is -0.166. The first-order valence-electron chi connectivity index (χ1n) is 10.8. The van der Waals surface area contributed by atoms with Crippen molar-refractivity contribution in [1.82, 2.24) is 0 Å². The fourth-order valence-corrected chi connectivity index (χ4v) is 3.54. The highest BCUT2D eigenvalue weighted by Crippen LogP contribution is 2.31. The zero-order chi connectivity index (χ0) is 21.2. The van der Waals surface area contributed by atoms with Gasteiger partial charge in [-0.1, -0.05) is 82.3 Å². The van der Waals surface area contributed by atoms with Gasteiger partial charge in [-0.2, -0.15) is 0 Å². The molecule has 0 unspecified atom stereocenters. The number of hydrogen-bond donors (Lipinski definition) is 0. The molecule has 0 amide bonds. The van der Waals surface area contributed by atoms with Crippen LogP contribution in [0.4, 0.5) is 0 Å². The highest BCUT2D eigenvalue weighted by molar-refractivity contribution is 5.72. The molecule has 29 heavy (non-hydrogen) atoms. The van der Waals surface area contributed by atoms with Gasteiger partial charge in [0.1, 0.15) is 0 Å². The molecule has 3 nitrogen and oxygen atoms in total. The summed E-state index contributed by atoms with van der Waals surface area (Å²) >= 11 is 0. The summed E-state index contributed by atoms with van der Waals surface area (Å²) in [4.78, 5) is 12.6. The van der Waals surface area contributed by atoms with Crippen molar-refractivity contribution in [2.24, 2.45) is 11.8 Å². The van der Waals surface area contributed by atoms with E-state index in [1.165, 1.54) is 5.56 Å². The summed E-state index contributed by atoms with van der Waals surface area (Å²) in [6.07, 6.45) is 1.28. The van der Waals surface area contributed by atoms with E-state index in [9.17, 15) is 4.79 Å². The van der Waals surface area contributed by atoms with Crippen LogP contribution in [0.2, 0.25) is 0 Å². The van der Waals surface area contributed by atoms with Crippen molar-refractivity contribution in [3.05, 3.63) is 71.3 Å². The molecular formula is C26H36O3. The Morgan fingerprint density at radius 2 is 1.48 bits per heavy atom. The van der Waals surface area contributed by atoms with E-state index in [1.807, 2.05) is 25.1 Å². The van der Waals surface area contributed by atoms with Gasteiger partial charge >= 0.3 is 5.97 Å². The van der Waals surface area contributed by atoms with Crippen LogP contribution in [0.25, 0.3) is 0 Å². The van der Waals surface area contributed by atoms with Gasteiger partial charge < -0.3 is 9.47 Å². The molecule has 2 aromatic rings. The SMILES string of the molecule is CCOC(=O)[C@H](CC(C)C)C[C@H](OCc1ccccc1)c1ccc(C(C)C)cc1. The summed E-state index contributed by atoms with van der Waals surface area (Å²) in [5.74, 6) is 0.622. The molecule has 0 saturated heterocycles. The van der Waals surface area contributed by atoms with E-state index in [-0.39, 0.29) is 18.0 Å². The molecule has 0 heterocycles. The Morgan fingerprint density at radius 1 is 0.862 bits per heavy atom. The van der Waals surface area contributed by atoms with Gasteiger partial charge in [-0.3, -0.25) is 4.79 Å².